The van der Waals surface area contributed by atoms with E-state index in [-0.39, 0.29) is 17.4 Å². The van der Waals surface area contributed by atoms with E-state index in [0.717, 1.165) is 11.3 Å². The van der Waals surface area contributed by atoms with Crippen LogP contribution >= 0.6 is 11.8 Å². The molecule has 30 heavy (non-hydrogen) atoms. The molecule has 0 N–H and O–H groups in total. The van der Waals surface area contributed by atoms with Gasteiger partial charge >= 0.3 is 0 Å². The van der Waals surface area contributed by atoms with Gasteiger partial charge in [0.1, 0.15) is 23.0 Å². The molecule has 3 heterocycles. The van der Waals surface area contributed by atoms with Crippen molar-refractivity contribution in [1.29, 1.82) is 0 Å². The molecule has 1 atom stereocenters. The lowest BCUT2D eigenvalue weighted by molar-refractivity contribution is 0.395. The molecule has 0 aliphatic carbocycles. The lowest BCUT2D eigenvalue weighted by atomic mass is 10.1. The summed E-state index contributed by atoms with van der Waals surface area (Å²) in [5.41, 5.74) is 1.56. The molecule has 3 aromatic rings. The van der Waals surface area contributed by atoms with E-state index in [0.29, 0.717) is 41.2 Å². The highest BCUT2D eigenvalue weighted by atomic mass is 32.2. The van der Waals surface area contributed by atoms with E-state index in [1.807, 2.05) is 34.9 Å². The van der Waals surface area contributed by atoms with Gasteiger partial charge in [-0.25, -0.2) is 8.42 Å². The highest BCUT2D eigenvalue weighted by molar-refractivity contribution is 7.98. The van der Waals surface area contributed by atoms with Gasteiger partial charge in [0.25, 0.3) is 0 Å². The van der Waals surface area contributed by atoms with E-state index in [1.54, 1.807) is 13.2 Å². The molecular formula is C20H22N4O4S2. The van der Waals surface area contributed by atoms with E-state index < -0.39 is 9.84 Å². The Bertz CT molecular complexity index is 1150. The van der Waals surface area contributed by atoms with Crippen LogP contribution in [0.15, 0.2) is 52.7 Å². The van der Waals surface area contributed by atoms with E-state index in [4.69, 9.17) is 9.26 Å². The highest BCUT2D eigenvalue weighted by Crippen LogP contribution is 2.33. The van der Waals surface area contributed by atoms with Crippen LogP contribution in [0.2, 0.25) is 0 Å². The number of hydrogen-bond acceptors (Lipinski definition) is 8. The van der Waals surface area contributed by atoms with Crippen molar-refractivity contribution in [2.75, 3.05) is 18.6 Å². The molecule has 1 saturated heterocycles. The second-order valence-electron chi connectivity index (χ2n) is 7.01. The summed E-state index contributed by atoms with van der Waals surface area (Å²) >= 11 is 1.47. The van der Waals surface area contributed by atoms with Crippen molar-refractivity contribution in [3.05, 3.63) is 54.6 Å². The molecule has 2 aromatic heterocycles. The normalized spacial score (nSPS) is 17.8. The largest absolute Gasteiger partial charge is 0.496 e. The molecule has 0 amide bonds. The summed E-state index contributed by atoms with van der Waals surface area (Å²) in [7, 11) is -1.38. The van der Waals surface area contributed by atoms with Gasteiger partial charge in [-0.15, -0.1) is 16.8 Å². The number of allylic oxidation sites excluding steroid dienone is 1. The van der Waals surface area contributed by atoms with Crippen molar-refractivity contribution in [2.45, 2.75) is 29.8 Å². The number of hydrogen-bond donors (Lipinski definition) is 0. The summed E-state index contributed by atoms with van der Waals surface area (Å²) in [5, 5.41) is 13.4. The number of benzene rings is 1. The summed E-state index contributed by atoms with van der Waals surface area (Å²) in [6.45, 7) is 4.32. The number of methoxy groups -OCH3 is 1. The maximum Gasteiger partial charge on any atom is 0.191 e. The van der Waals surface area contributed by atoms with Crippen LogP contribution in [0.5, 0.6) is 5.75 Å². The molecule has 1 fully saturated rings. The van der Waals surface area contributed by atoms with Crippen LogP contribution in [0.1, 0.15) is 23.9 Å². The van der Waals surface area contributed by atoms with Crippen LogP contribution < -0.4 is 4.74 Å². The summed E-state index contributed by atoms with van der Waals surface area (Å²) in [6.07, 6.45) is 2.33. The third kappa shape index (κ3) is 4.29. The van der Waals surface area contributed by atoms with Crippen molar-refractivity contribution >= 4 is 21.6 Å². The highest BCUT2D eigenvalue weighted by Gasteiger charge is 2.33. The van der Waals surface area contributed by atoms with E-state index in [2.05, 4.69) is 21.9 Å². The zero-order valence-corrected chi connectivity index (χ0v) is 18.2. The van der Waals surface area contributed by atoms with Crippen LogP contribution in [0.4, 0.5) is 0 Å². The Morgan fingerprint density at radius 2 is 2.20 bits per heavy atom. The van der Waals surface area contributed by atoms with Crippen molar-refractivity contribution in [3.8, 4) is 17.0 Å². The molecule has 1 aliphatic rings. The third-order valence-corrected chi connectivity index (χ3v) is 7.70. The molecule has 0 saturated carbocycles. The zero-order chi connectivity index (χ0) is 21.1. The van der Waals surface area contributed by atoms with E-state index >= 15 is 0 Å². The first kappa shape index (κ1) is 20.7. The average Bonchev–Trinajstić information content (AvgIpc) is 3.45. The fraction of sp³-hybridized carbons (Fsp3) is 0.350. The molecule has 8 nitrogen and oxygen atoms in total. The van der Waals surface area contributed by atoms with Gasteiger partial charge in [0.05, 0.1) is 24.4 Å². The molecule has 1 aliphatic heterocycles. The first-order valence-corrected chi connectivity index (χ1v) is 12.3. The van der Waals surface area contributed by atoms with Gasteiger partial charge in [0.15, 0.2) is 15.0 Å². The van der Waals surface area contributed by atoms with Gasteiger partial charge in [0, 0.05) is 24.1 Å². The number of para-hydroxylation sites is 1. The van der Waals surface area contributed by atoms with Crippen molar-refractivity contribution in [3.63, 3.8) is 0 Å². The van der Waals surface area contributed by atoms with Crippen LogP contribution in [0, 0.1) is 0 Å². The number of rotatable bonds is 8. The Morgan fingerprint density at radius 1 is 1.37 bits per heavy atom. The topological polar surface area (TPSA) is 100 Å². The van der Waals surface area contributed by atoms with Crippen molar-refractivity contribution in [2.24, 2.45) is 0 Å². The van der Waals surface area contributed by atoms with Crippen LogP contribution in [-0.2, 0) is 22.1 Å². The summed E-state index contributed by atoms with van der Waals surface area (Å²) in [5.74, 6) is 2.83. The van der Waals surface area contributed by atoms with Crippen molar-refractivity contribution < 1.29 is 17.7 Å². The van der Waals surface area contributed by atoms with Crippen LogP contribution in [0.3, 0.4) is 0 Å². The molecule has 0 radical (unpaired) electrons. The number of aromatic nitrogens is 4. The Hall–Kier alpha value is -2.59. The predicted molar refractivity (Wildman–Crippen MR) is 114 cm³/mol. The number of nitrogens with zero attached hydrogens (tertiary/aromatic N) is 4. The molecular weight excluding hydrogens is 424 g/mol. The molecule has 4 rings (SSSR count). The third-order valence-electron chi connectivity index (χ3n) is 4.94. The Balaban J connectivity index is 1.50. The second kappa shape index (κ2) is 8.65. The van der Waals surface area contributed by atoms with Crippen LogP contribution in [0.25, 0.3) is 11.3 Å². The monoisotopic (exact) mass is 446 g/mol. The minimum absolute atomic E-state index is 0.122. The average molecular weight is 447 g/mol. The van der Waals surface area contributed by atoms with Gasteiger partial charge in [-0.3, -0.25) is 0 Å². The number of sulfone groups is 1. The quantitative estimate of drug-likeness (QED) is 0.384. The molecule has 158 valence electrons. The molecule has 1 aromatic carbocycles. The molecule has 0 bridgehead atoms. The predicted octanol–water partition coefficient (Wildman–Crippen LogP) is 3.32. The maximum atomic E-state index is 11.9. The van der Waals surface area contributed by atoms with Gasteiger partial charge in [0.2, 0.25) is 0 Å². The molecule has 0 spiro atoms. The summed E-state index contributed by atoms with van der Waals surface area (Å²) < 4.78 is 36.5. The minimum atomic E-state index is -3.00. The number of ether oxygens (including phenoxy) is 1. The second-order valence-corrected chi connectivity index (χ2v) is 10.2. The van der Waals surface area contributed by atoms with E-state index in [9.17, 15) is 8.42 Å². The fourth-order valence-corrected chi connectivity index (χ4v) is 6.08. The maximum absolute atomic E-state index is 11.9. The zero-order valence-electron chi connectivity index (χ0n) is 16.5. The summed E-state index contributed by atoms with van der Waals surface area (Å²) in [6, 6.07) is 9.50. The standard InChI is InChI=1S/C20H22N4O4S2/c1-3-9-24-19(14-8-10-30(25,26)13-14)21-22-20(24)29-12-15-11-17(23-28-15)16-6-4-5-7-18(16)27-2/h3-7,11,14H,1,8-10,12-13H2,2H3. The van der Waals surface area contributed by atoms with Gasteiger partial charge in [-0.1, -0.05) is 35.1 Å². The minimum Gasteiger partial charge on any atom is -0.496 e. The Kier molecular flexibility index (Phi) is 5.96. The van der Waals surface area contributed by atoms with Gasteiger partial charge in [-0.2, -0.15) is 0 Å². The first-order valence-electron chi connectivity index (χ1n) is 9.47. The number of thioether (sulfide) groups is 1. The molecule has 1 unspecified atom stereocenters. The summed E-state index contributed by atoms with van der Waals surface area (Å²) in [4.78, 5) is 0. The smallest absolute Gasteiger partial charge is 0.191 e. The Morgan fingerprint density at radius 3 is 2.93 bits per heavy atom. The first-order chi connectivity index (χ1) is 14.5. The van der Waals surface area contributed by atoms with Crippen molar-refractivity contribution in [1.82, 2.24) is 19.9 Å². The fourth-order valence-electron chi connectivity index (χ4n) is 3.51. The van der Waals surface area contributed by atoms with Crippen LogP contribution in [-0.4, -0.2) is 47.0 Å². The SMILES string of the molecule is C=CCn1c(SCc2cc(-c3ccccc3OC)no2)nnc1C1CCS(=O)(=O)C1. The lowest BCUT2D eigenvalue weighted by Gasteiger charge is -2.10. The van der Waals surface area contributed by atoms with E-state index in [1.165, 1.54) is 11.8 Å². The van der Waals surface area contributed by atoms with Gasteiger partial charge in [-0.05, 0) is 18.6 Å². The lowest BCUT2D eigenvalue weighted by Crippen LogP contribution is -2.11. The van der Waals surface area contributed by atoms with Gasteiger partial charge < -0.3 is 13.8 Å². The Labute approximate surface area is 179 Å². The molecule has 10 heteroatoms.